The van der Waals surface area contributed by atoms with Gasteiger partial charge in [0, 0.05) is 6.04 Å². The van der Waals surface area contributed by atoms with Crippen LogP contribution in [0.3, 0.4) is 0 Å². The quantitative estimate of drug-likeness (QED) is 0.585. The molecule has 0 spiro atoms. The van der Waals surface area contributed by atoms with E-state index in [1.54, 1.807) is 0 Å². The first-order valence-electron chi connectivity index (χ1n) is 6.97. The maximum Gasteiger partial charge on any atom is 0.00388 e. The minimum atomic E-state index is 0.546. The molecule has 3 nitrogen and oxygen atoms in total. The van der Waals surface area contributed by atoms with Crippen LogP contribution in [0.5, 0.6) is 0 Å². The lowest BCUT2D eigenvalue weighted by molar-refractivity contribution is 0.601. The Morgan fingerprint density at radius 3 is 1.31 bits per heavy atom. The summed E-state index contributed by atoms with van der Waals surface area (Å²) in [4.78, 5) is 0. The summed E-state index contributed by atoms with van der Waals surface area (Å²) in [7, 11) is 0. The highest BCUT2D eigenvalue weighted by molar-refractivity contribution is 4.67. The fourth-order valence-corrected chi connectivity index (χ4v) is 1.95. The summed E-state index contributed by atoms with van der Waals surface area (Å²) in [6, 6.07) is 0.546. The molecular weight excluding hydrogens is 198 g/mol. The second-order valence-electron chi connectivity index (χ2n) is 4.74. The van der Waals surface area contributed by atoms with Crippen LogP contribution in [-0.4, -0.2) is 19.1 Å². The van der Waals surface area contributed by atoms with Crippen molar-refractivity contribution in [3.63, 3.8) is 0 Å². The van der Waals surface area contributed by atoms with Crippen LogP contribution in [0.4, 0.5) is 0 Å². The molecule has 0 amide bonds. The van der Waals surface area contributed by atoms with Gasteiger partial charge in [0.05, 0.1) is 0 Å². The summed E-state index contributed by atoms with van der Waals surface area (Å²) in [5.74, 6) is 0. The highest BCUT2D eigenvalue weighted by Crippen LogP contribution is 2.14. The van der Waals surface area contributed by atoms with Crippen LogP contribution in [0.1, 0.15) is 64.2 Å². The van der Waals surface area contributed by atoms with Gasteiger partial charge < -0.3 is 17.2 Å². The van der Waals surface area contributed by atoms with Crippen molar-refractivity contribution in [3.8, 4) is 0 Å². The molecule has 0 bridgehead atoms. The molecule has 98 valence electrons. The normalized spacial score (nSPS) is 15.9. The first-order chi connectivity index (χ1) is 7.81. The van der Waals surface area contributed by atoms with Crippen molar-refractivity contribution in [1.82, 2.24) is 0 Å². The Hall–Kier alpha value is -0.120. The lowest BCUT2D eigenvalue weighted by Crippen LogP contribution is -2.13. The Morgan fingerprint density at radius 1 is 0.688 bits per heavy atom. The van der Waals surface area contributed by atoms with Gasteiger partial charge in [-0.2, -0.15) is 0 Å². The van der Waals surface area contributed by atoms with Gasteiger partial charge in [-0.25, -0.2) is 0 Å². The van der Waals surface area contributed by atoms with E-state index in [4.69, 9.17) is 17.2 Å². The Morgan fingerprint density at radius 2 is 1.06 bits per heavy atom. The van der Waals surface area contributed by atoms with Crippen LogP contribution in [0.25, 0.3) is 0 Å². The fraction of sp³-hybridized carbons (Fsp3) is 1.00. The zero-order valence-corrected chi connectivity index (χ0v) is 10.8. The average Bonchev–Trinajstić information content (AvgIpc) is 2.75. The van der Waals surface area contributed by atoms with Gasteiger partial charge >= 0.3 is 0 Å². The molecule has 0 atom stereocenters. The van der Waals surface area contributed by atoms with E-state index in [1.807, 2.05) is 0 Å². The van der Waals surface area contributed by atoms with Gasteiger partial charge in [-0.1, -0.05) is 38.5 Å². The van der Waals surface area contributed by atoms with Crippen LogP contribution < -0.4 is 17.2 Å². The van der Waals surface area contributed by atoms with Crippen LogP contribution in [0.2, 0.25) is 0 Å². The molecule has 0 radical (unpaired) electrons. The summed E-state index contributed by atoms with van der Waals surface area (Å²) in [5.41, 5.74) is 16.2. The van der Waals surface area contributed by atoms with Crippen LogP contribution in [0.15, 0.2) is 0 Å². The predicted molar refractivity (Wildman–Crippen MR) is 72.3 cm³/mol. The molecule has 1 aliphatic carbocycles. The minimum Gasteiger partial charge on any atom is -0.330 e. The van der Waals surface area contributed by atoms with E-state index in [1.165, 1.54) is 64.2 Å². The van der Waals surface area contributed by atoms with Crippen molar-refractivity contribution >= 4 is 0 Å². The van der Waals surface area contributed by atoms with Crippen molar-refractivity contribution in [3.05, 3.63) is 0 Å². The second-order valence-corrected chi connectivity index (χ2v) is 4.74. The first kappa shape index (κ1) is 15.9. The van der Waals surface area contributed by atoms with Crippen molar-refractivity contribution in [2.75, 3.05) is 13.1 Å². The summed E-state index contributed by atoms with van der Waals surface area (Å²) in [6.45, 7) is 1.69. The molecule has 0 unspecified atom stereocenters. The van der Waals surface area contributed by atoms with Gasteiger partial charge in [-0.15, -0.1) is 0 Å². The Labute approximate surface area is 101 Å². The molecule has 0 aromatic heterocycles. The van der Waals surface area contributed by atoms with Gasteiger partial charge in [-0.3, -0.25) is 0 Å². The second kappa shape index (κ2) is 12.9. The summed E-state index contributed by atoms with van der Waals surface area (Å²) < 4.78 is 0. The molecule has 1 fully saturated rings. The summed E-state index contributed by atoms with van der Waals surface area (Å²) in [5, 5.41) is 0. The number of hydrogen-bond donors (Lipinski definition) is 3. The first-order valence-corrected chi connectivity index (χ1v) is 6.97. The predicted octanol–water partition coefficient (Wildman–Crippen LogP) is 2.13. The third-order valence-electron chi connectivity index (χ3n) is 3.06. The Kier molecular flexibility index (Phi) is 12.9. The van der Waals surface area contributed by atoms with E-state index in [0.29, 0.717) is 6.04 Å². The van der Waals surface area contributed by atoms with E-state index in [9.17, 15) is 0 Å². The van der Waals surface area contributed by atoms with E-state index < -0.39 is 0 Å². The molecule has 6 N–H and O–H groups in total. The maximum absolute atomic E-state index is 5.53. The Balaban J connectivity index is 0.000000315. The molecule has 0 aromatic carbocycles. The molecule has 1 aliphatic rings. The molecule has 0 aromatic rings. The number of hydrogen-bond acceptors (Lipinski definition) is 3. The van der Waals surface area contributed by atoms with Gasteiger partial charge in [-0.05, 0) is 38.8 Å². The summed E-state index contributed by atoms with van der Waals surface area (Å²) in [6.07, 6.45) is 12.9. The number of nitrogens with two attached hydrogens (primary N) is 3. The zero-order chi connectivity index (χ0) is 12.1. The average molecular weight is 229 g/mol. The zero-order valence-electron chi connectivity index (χ0n) is 10.8. The molecule has 0 heterocycles. The van der Waals surface area contributed by atoms with Crippen molar-refractivity contribution in [1.29, 1.82) is 0 Å². The molecule has 0 saturated heterocycles. The van der Waals surface area contributed by atoms with E-state index >= 15 is 0 Å². The molecule has 1 saturated carbocycles. The van der Waals surface area contributed by atoms with Gasteiger partial charge in [0.25, 0.3) is 0 Å². The van der Waals surface area contributed by atoms with Gasteiger partial charge in [0.1, 0.15) is 0 Å². The molecule has 0 aliphatic heterocycles. The van der Waals surface area contributed by atoms with Crippen LogP contribution >= 0.6 is 0 Å². The van der Waals surface area contributed by atoms with Crippen LogP contribution in [-0.2, 0) is 0 Å². The molecule has 3 heteroatoms. The van der Waals surface area contributed by atoms with E-state index in [-0.39, 0.29) is 0 Å². The van der Waals surface area contributed by atoms with Crippen molar-refractivity contribution in [2.24, 2.45) is 17.2 Å². The number of rotatable bonds is 7. The third-order valence-corrected chi connectivity index (χ3v) is 3.06. The molecular formula is C13H31N3. The SMILES string of the molecule is NC1CCCC1.NCCCCCCCCN. The van der Waals surface area contributed by atoms with Gasteiger partial charge in [0.2, 0.25) is 0 Å². The van der Waals surface area contributed by atoms with Crippen LogP contribution in [0, 0.1) is 0 Å². The monoisotopic (exact) mass is 229 g/mol. The maximum atomic E-state index is 5.53. The fourth-order valence-electron chi connectivity index (χ4n) is 1.95. The summed E-state index contributed by atoms with van der Waals surface area (Å²) >= 11 is 0. The minimum absolute atomic E-state index is 0.546. The Bertz CT molecular complexity index is 114. The van der Waals surface area contributed by atoms with E-state index in [0.717, 1.165) is 13.1 Å². The highest BCUT2D eigenvalue weighted by atomic mass is 14.6. The highest BCUT2D eigenvalue weighted by Gasteiger charge is 2.07. The standard InChI is InChI=1S/C8H20N2.C5H11N/c9-7-5-3-1-2-4-6-8-10;6-5-3-1-2-4-5/h1-10H2;5H,1-4,6H2. The molecule has 1 rings (SSSR count). The topological polar surface area (TPSA) is 78.1 Å². The van der Waals surface area contributed by atoms with Gasteiger partial charge in [0.15, 0.2) is 0 Å². The lowest BCUT2D eigenvalue weighted by Gasteiger charge is -1.97. The van der Waals surface area contributed by atoms with E-state index in [2.05, 4.69) is 0 Å². The van der Waals surface area contributed by atoms with Crippen molar-refractivity contribution < 1.29 is 0 Å². The third kappa shape index (κ3) is 12.0. The largest absolute Gasteiger partial charge is 0.330 e. The number of unbranched alkanes of at least 4 members (excludes halogenated alkanes) is 5. The smallest absolute Gasteiger partial charge is 0.00388 e. The molecule has 16 heavy (non-hydrogen) atoms. The lowest BCUT2D eigenvalue weighted by atomic mass is 10.1. The van der Waals surface area contributed by atoms with Crippen molar-refractivity contribution in [2.45, 2.75) is 70.3 Å².